The maximum absolute atomic E-state index is 12.8. The van der Waals surface area contributed by atoms with Crippen LogP contribution in [0.5, 0.6) is 0 Å². The number of primary amides is 1. The highest BCUT2D eigenvalue weighted by Crippen LogP contribution is 2.29. The van der Waals surface area contributed by atoms with Crippen LogP contribution in [0.15, 0.2) is 53.5 Å². The molecule has 0 spiro atoms. The largest absolute Gasteiger partial charge is 0.350 e. The molecule has 0 fully saturated rings. The molecule has 0 bridgehead atoms. The maximum atomic E-state index is 12.8. The van der Waals surface area contributed by atoms with E-state index in [0.29, 0.717) is 21.8 Å². The number of carbonyl (C=O) groups is 2. The molecule has 2 aromatic carbocycles. The summed E-state index contributed by atoms with van der Waals surface area (Å²) in [7, 11) is 0. The van der Waals surface area contributed by atoms with Crippen molar-refractivity contribution in [3.63, 3.8) is 0 Å². The van der Waals surface area contributed by atoms with E-state index in [1.54, 1.807) is 48.7 Å². The summed E-state index contributed by atoms with van der Waals surface area (Å²) in [6.45, 7) is 0. The molecule has 1 aliphatic heterocycles. The van der Waals surface area contributed by atoms with Crippen LogP contribution in [0, 0.1) is 0 Å². The van der Waals surface area contributed by atoms with E-state index in [-0.39, 0.29) is 0 Å². The molecular formula is C16H13ClN4O2. The molecule has 0 saturated heterocycles. The van der Waals surface area contributed by atoms with Crippen LogP contribution in [0.2, 0.25) is 5.02 Å². The minimum absolute atomic E-state index is 0.410. The zero-order valence-electron chi connectivity index (χ0n) is 11.9. The van der Waals surface area contributed by atoms with Gasteiger partial charge < -0.3 is 5.73 Å². The lowest BCUT2D eigenvalue weighted by Gasteiger charge is -2.24. The predicted molar refractivity (Wildman–Crippen MR) is 88.4 cm³/mol. The highest BCUT2D eigenvalue weighted by Gasteiger charge is 2.30. The number of nitrogens with one attached hydrogen (secondary N) is 1. The number of amides is 3. The van der Waals surface area contributed by atoms with Crippen molar-refractivity contribution in [1.82, 2.24) is 5.43 Å². The van der Waals surface area contributed by atoms with Crippen LogP contribution in [-0.2, 0) is 4.79 Å². The van der Waals surface area contributed by atoms with Crippen molar-refractivity contribution in [3.8, 4) is 0 Å². The van der Waals surface area contributed by atoms with E-state index < -0.39 is 18.0 Å². The number of hydrogen-bond donors (Lipinski definition) is 2. The third-order valence-electron chi connectivity index (χ3n) is 3.40. The van der Waals surface area contributed by atoms with Gasteiger partial charge in [0.05, 0.1) is 5.69 Å². The van der Waals surface area contributed by atoms with Crippen molar-refractivity contribution in [3.05, 3.63) is 64.7 Å². The summed E-state index contributed by atoms with van der Waals surface area (Å²) in [6.07, 6.45) is 1.61. The van der Waals surface area contributed by atoms with Crippen molar-refractivity contribution in [2.75, 3.05) is 5.01 Å². The van der Waals surface area contributed by atoms with E-state index in [9.17, 15) is 9.59 Å². The van der Waals surface area contributed by atoms with Crippen LogP contribution in [0.3, 0.4) is 0 Å². The Morgan fingerprint density at radius 2 is 1.87 bits per heavy atom. The quantitative estimate of drug-likeness (QED) is 0.886. The summed E-state index contributed by atoms with van der Waals surface area (Å²) in [4.78, 5) is 28.5. The number of halogens is 1. The van der Waals surface area contributed by atoms with E-state index in [1.165, 1.54) is 0 Å². The van der Waals surface area contributed by atoms with Gasteiger partial charge in [0.2, 0.25) is 0 Å². The second-order valence-corrected chi connectivity index (χ2v) is 5.38. The number of benzene rings is 2. The molecule has 6 nitrogen and oxygen atoms in total. The molecule has 116 valence electrons. The van der Waals surface area contributed by atoms with E-state index in [1.807, 2.05) is 6.07 Å². The number of benzodiazepines with no additional fused rings is 1. The zero-order chi connectivity index (χ0) is 16.4. The number of urea groups is 1. The molecule has 7 heteroatoms. The first-order chi connectivity index (χ1) is 11.1. The predicted octanol–water partition coefficient (Wildman–Crippen LogP) is 2.43. The van der Waals surface area contributed by atoms with Crippen molar-refractivity contribution in [2.24, 2.45) is 10.7 Å². The lowest BCUT2D eigenvalue weighted by molar-refractivity contribution is -0.120. The molecule has 1 atom stereocenters. The van der Waals surface area contributed by atoms with Gasteiger partial charge in [-0.3, -0.25) is 9.79 Å². The summed E-state index contributed by atoms with van der Waals surface area (Å²) >= 11 is 5.88. The summed E-state index contributed by atoms with van der Waals surface area (Å²) in [5, 5.41) is 1.69. The lowest BCUT2D eigenvalue weighted by Crippen LogP contribution is -2.50. The normalized spacial score (nSPS) is 16.7. The Kier molecular flexibility index (Phi) is 3.99. The van der Waals surface area contributed by atoms with Crippen LogP contribution in [0.4, 0.5) is 10.5 Å². The van der Waals surface area contributed by atoms with Gasteiger partial charge in [-0.05, 0) is 23.8 Å². The molecule has 3 rings (SSSR count). The molecule has 0 aromatic heterocycles. The number of rotatable bonds is 2. The summed E-state index contributed by atoms with van der Waals surface area (Å²) in [6, 6.07) is 12.3. The van der Waals surface area contributed by atoms with E-state index in [0.717, 1.165) is 5.01 Å². The first-order valence-corrected chi connectivity index (χ1v) is 7.22. The molecule has 0 radical (unpaired) electrons. The molecule has 0 aliphatic carbocycles. The van der Waals surface area contributed by atoms with Crippen LogP contribution in [0.25, 0.3) is 0 Å². The number of aliphatic imine (C=N–C) groups is 1. The van der Waals surface area contributed by atoms with Gasteiger partial charge in [-0.1, -0.05) is 41.9 Å². The first-order valence-electron chi connectivity index (χ1n) is 6.84. The van der Waals surface area contributed by atoms with Crippen LogP contribution >= 0.6 is 11.6 Å². The number of para-hydroxylation sites is 1. The standard InChI is InChI=1S/C16H13ClN4O2/c17-12-7-5-10(6-8-12)14-15(22)21(20-16(18)23)13-4-2-1-3-11(13)9-19-14/h1-9,14H,(H3,18,20,23). The Bertz CT molecular complexity index is 789. The number of carbonyl (C=O) groups excluding carboxylic acids is 2. The number of nitrogens with zero attached hydrogens (tertiary/aromatic N) is 2. The van der Waals surface area contributed by atoms with Gasteiger partial charge in [0, 0.05) is 16.8 Å². The fraction of sp³-hybridized carbons (Fsp3) is 0.0625. The molecule has 23 heavy (non-hydrogen) atoms. The van der Waals surface area contributed by atoms with Gasteiger partial charge in [-0.2, -0.15) is 0 Å². The van der Waals surface area contributed by atoms with Gasteiger partial charge in [-0.15, -0.1) is 0 Å². The number of hydrazine groups is 1. The highest BCUT2D eigenvalue weighted by molar-refractivity contribution is 6.30. The summed E-state index contributed by atoms with van der Waals surface area (Å²) in [5.74, 6) is -0.410. The summed E-state index contributed by atoms with van der Waals surface area (Å²) < 4.78 is 0. The van der Waals surface area contributed by atoms with Gasteiger partial charge in [0.25, 0.3) is 5.91 Å². The molecule has 1 heterocycles. The van der Waals surface area contributed by atoms with Crippen molar-refractivity contribution >= 4 is 35.4 Å². The van der Waals surface area contributed by atoms with Crippen molar-refractivity contribution in [2.45, 2.75) is 6.04 Å². The number of fused-ring (bicyclic) bond motifs is 1. The van der Waals surface area contributed by atoms with Gasteiger partial charge >= 0.3 is 6.03 Å². The summed E-state index contributed by atoms with van der Waals surface area (Å²) in [5.41, 5.74) is 9.43. The maximum Gasteiger partial charge on any atom is 0.331 e. The van der Waals surface area contributed by atoms with E-state index in [2.05, 4.69) is 10.4 Å². The number of anilines is 1. The highest BCUT2D eigenvalue weighted by atomic mass is 35.5. The minimum atomic E-state index is -0.829. The van der Waals surface area contributed by atoms with E-state index >= 15 is 0 Å². The Morgan fingerprint density at radius 3 is 2.57 bits per heavy atom. The average molecular weight is 329 g/mol. The molecule has 2 aromatic rings. The second kappa shape index (κ2) is 6.10. The topological polar surface area (TPSA) is 87.8 Å². The Balaban J connectivity index is 2.06. The average Bonchev–Trinajstić information content (AvgIpc) is 2.66. The van der Waals surface area contributed by atoms with E-state index in [4.69, 9.17) is 17.3 Å². The van der Waals surface area contributed by atoms with Crippen molar-refractivity contribution in [1.29, 1.82) is 0 Å². The minimum Gasteiger partial charge on any atom is -0.350 e. The molecule has 1 unspecified atom stereocenters. The SMILES string of the molecule is NC(=O)NN1C(=O)C(c2ccc(Cl)cc2)N=Cc2ccccc21. The van der Waals surface area contributed by atoms with Crippen LogP contribution < -0.4 is 16.2 Å². The van der Waals surface area contributed by atoms with Crippen LogP contribution in [0.1, 0.15) is 17.2 Å². The van der Waals surface area contributed by atoms with Gasteiger partial charge in [-0.25, -0.2) is 15.2 Å². The third-order valence-corrected chi connectivity index (χ3v) is 3.65. The zero-order valence-corrected chi connectivity index (χ0v) is 12.7. The second-order valence-electron chi connectivity index (χ2n) is 4.94. The smallest absolute Gasteiger partial charge is 0.331 e. The number of hydrogen-bond acceptors (Lipinski definition) is 3. The molecule has 3 amide bonds. The number of nitrogens with two attached hydrogens (primary N) is 1. The first kappa shape index (κ1) is 15.1. The monoisotopic (exact) mass is 328 g/mol. The fourth-order valence-electron chi connectivity index (χ4n) is 2.36. The Hall–Kier alpha value is -2.86. The van der Waals surface area contributed by atoms with Crippen LogP contribution in [-0.4, -0.2) is 18.2 Å². The Morgan fingerprint density at radius 1 is 1.17 bits per heavy atom. The lowest BCUT2D eigenvalue weighted by atomic mass is 10.1. The van der Waals surface area contributed by atoms with Gasteiger partial charge in [0.1, 0.15) is 0 Å². The third kappa shape index (κ3) is 3.02. The molecule has 0 saturated carbocycles. The Labute approximate surface area is 137 Å². The molecule has 1 aliphatic rings. The van der Waals surface area contributed by atoms with Gasteiger partial charge in [0.15, 0.2) is 6.04 Å². The molecular weight excluding hydrogens is 316 g/mol. The fourth-order valence-corrected chi connectivity index (χ4v) is 2.49. The van der Waals surface area contributed by atoms with Crippen molar-refractivity contribution < 1.29 is 9.59 Å². The molecule has 3 N–H and O–H groups in total.